The first-order chi connectivity index (χ1) is 9.95. The van der Waals surface area contributed by atoms with Crippen LogP contribution in [0.25, 0.3) is 0 Å². The molecule has 0 rings (SSSR count). The van der Waals surface area contributed by atoms with Crippen molar-refractivity contribution < 1.29 is 0 Å². The fourth-order valence-corrected chi connectivity index (χ4v) is 1.59. The number of allylic oxidation sites excluding steroid dienone is 1. The summed E-state index contributed by atoms with van der Waals surface area (Å²) in [5, 5.41) is 0. The van der Waals surface area contributed by atoms with Gasteiger partial charge >= 0.3 is 0 Å². The molecule has 0 bridgehead atoms. The zero-order valence-electron chi connectivity index (χ0n) is 17.0. The van der Waals surface area contributed by atoms with Crippen LogP contribution in [0, 0.1) is 10.8 Å². The van der Waals surface area contributed by atoms with Crippen LogP contribution in [0.15, 0.2) is 25.3 Å². The molecular formula is C20H46N2. The van der Waals surface area contributed by atoms with Crippen LogP contribution in [-0.4, -0.2) is 13.1 Å². The van der Waals surface area contributed by atoms with Gasteiger partial charge in [0.25, 0.3) is 0 Å². The fourth-order valence-electron chi connectivity index (χ4n) is 1.59. The van der Waals surface area contributed by atoms with Crippen LogP contribution >= 0.6 is 0 Å². The molecule has 4 N–H and O–H groups in total. The van der Waals surface area contributed by atoms with E-state index in [9.17, 15) is 0 Å². The molecule has 0 spiro atoms. The quantitative estimate of drug-likeness (QED) is 0.618. The number of nitrogens with two attached hydrogens (primary N) is 2. The zero-order chi connectivity index (χ0) is 18.8. The Balaban J connectivity index is -0.000000114. The summed E-state index contributed by atoms with van der Waals surface area (Å²) in [5.41, 5.74) is 12.8. The molecule has 0 unspecified atom stereocenters. The first kappa shape index (κ1) is 29.4. The summed E-state index contributed by atoms with van der Waals surface area (Å²) in [6, 6.07) is 0. The third-order valence-electron chi connectivity index (χ3n) is 2.44. The smallest absolute Gasteiger partial charge is 0.00258 e. The van der Waals surface area contributed by atoms with Crippen LogP contribution in [-0.2, 0) is 0 Å². The van der Waals surface area contributed by atoms with Gasteiger partial charge in [0.15, 0.2) is 0 Å². The molecule has 2 heteroatoms. The fraction of sp³-hybridized carbons (Fsp3) is 0.800. The minimum Gasteiger partial charge on any atom is -0.330 e. The third kappa shape index (κ3) is 42.7. The van der Waals surface area contributed by atoms with Gasteiger partial charge in [-0.15, -0.1) is 19.7 Å². The van der Waals surface area contributed by atoms with Crippen molar-refractivity contribution in [2.45, 2.75) is 81.1 Å². The Morgan fingerprint density at radius 1 is 0.955 bits per heavy atom. The molecule has 136 valence electrons. The highest BCUT2D eigenvalue weighted by Gasteiger charge is 2.13. The number of hydrogen-bond donors (Lipinski definition) is 2. The second-order valence-electron chi connectivity index (χ2n) is 7.66. The standard InChI is InChI=1S/C8H16.C7H18N2.C3H8.C2H4/c1-7(2)6-8(3,4)5;1-7(2,6-9)4-3-5-8;1-3-2;1-2/h1,6H2,2-5H3;3-6,8-9H2,1-2H3;3H2,1-2H3;1-2H2. The van der Waals surface area contributed by atoms with Gasteiger partial charge in [-0.05, 0) is 50.1 Å². The lowest BCUT2D eigenvalue weighted by atomic mass is 9.88. The topological polar surface area (TPSA) is 52.0 Å². The zero-order valence-corrected chi connectivity index (χ0v) is 17.0. The van der Waals surface area contributed by atoms with Crippen LogP contribution in [0.1, 0.15) is 81.1 Å². The Kier molecular flexibility index (Phi) is 24.7. The second kappa shape index (κ2) is 18.4. The van der Waals surface area contributed by atoms with E-state index in [0.717, 1.165) is 32.4 Å². The molecule has 0 radical (unpaired) electrons. The molecule has 0 heterocycles. The highest BCUT2D eigenvalue weighted by molar-refractivity contribution is 4.92. The summed E-state index contributed by atoms with van der Waals surface area (Å²) >= 11 is 0. The van der Waals surface area contributed by atoms with Crippen LogP contribution in [0.4, 0.5) is 0 Å². The van der Waals surface area contributed by atoms with Crippen LogP contribution in [0.3, 0.4) is 0 Å². The summed E-state index contributed by atoms with van der Waals surface area (Å²) in [6.45, 7) is 28.7. The van der Waals surface area contributed by atoms with E-state index in [-0.39, 0.29) is 0 Å². The van der Waals surface area contributed by atoms with Gasteiger partial charge in [0.2, 0.25) is 0 Å². The largest absolute Gasteiger partial charge is 0.330 e. The van der Waals surface area contributed by atoms with E-state index in [4.69, 9.17) is 11.5 Å². The number of hydrogen-bond acceptors (Lipinski definition) is 2. The maximum atomic E-state index is 5.51. The molecule has 0 atom stereocenters. The highest BCUT2D eigenvalue weighted by atomic mass is 14.6. The van der Waals surface area contributed by atoms with Crippen molar-refractivity contribution in [3.63, 3.8) is 0 Å². The monoisotopic (exact) mass is 314 g/mol. The van der Waals surface area contributed by atoms with Gasteiger partial charge in [0.1, 0.15) is 0 Å². The summed E-state index contributed by atoms with van der Waals surface area (Å²) in [6.07, 6.45) is 4.61. The van der Waals surface area contributed by atoms with E-state index in [1.165, 1.54) is 12.0 Å². The minimum atomic E-state index is 0.291. The minimum absolute atomic E-state index is 0.291. The molecule has 0 aliphatic rings. The van der Waals surface area contributed by atoms with E-state index in [0.29, 0.717) is 10.8 Å². The lowest BCUT2D eigenvalue weighted by Gasteiger charge is -2.21. The van der Waals surface area contributed by atoms with Crippen LogP contribution in [0.5, 0.6) is 0 Å². The molecule has 0 saturated heterocycles. The predicted octanol–water partition coefficient (Wildman–Crippen LogP) is 5.93. The normalized spacial score (nSPS) is 10.1. The van der Waals surface area contributed by atoms with E-state index < -0.39 is 0 Å². The second-order valence-corrected chi connectivity index (χ2v) is 7.66. The average molecular weight is 315 g/mol. The SMILES string of the molecule is C=C.C=C(C)CC(C)(C)C.CC(C)(CN)CCCN.CCC. The maximum Gasteiger partial charge on any atom is -0.00258 e. The molecule has 0 saturated carbocycles. The Labute approximate surface area is 142 Å². The molecule has 0 amide bonds. The molecular weight excluding hydrogens is 268 g/mol. The summed E-state index contributed by atoms with van der Waals surface area (Å²) in [4.78, 5) is 0. The third-order valence-corrected chi connectivity index (χ3v) is 2.44. The molecule has 0 fully saturated rings. The van der Waals surface area contributed by atoms with Crippen molar-refractivity contribution in [1.82, 2.24) is 0 Å². The van der Waals surface area contributed by atoms with E-state index in [1.807, 2.05) is 0 Å². The van der Waals surface area contributed by atoms with Crippen LogP contribution < -0.4 is 11.5 Å². The summed E-state index contributed by atoms with van der Waals surface area (Å²) in [5.74, 6) is 0. The van der Waals surface area contributed by atoms with Crippen LogP contribution in [0.2, 0.25) is 0 Å². The van der Waals surface area contributed by atoms with Gasteiger partial charge in [-0.3, -0.25) is 0 Å². The lowest BCUT2D eigenvalue weighted by Crippen LogP contribution is -2.24. The van der Waals surface area contributed by atoms with Gasteiger partial charge in [-0.2, -0.15) is 0 Å². The lowest BCUT2D eigenvalue weighted by molar-refractivity contribution is 0.339. The van der Waals surface area contributed by atoms with Gasteiger partial charge in [-0.1, -0.05) is 60.5 Å². The summed E-state index contributed by atoms with van der Waals surface area (Å²) in [7, 11) is 0. The molecule has 22 heavy (non-hydrogen) atoms. The van der Waals surface area contributed by atoms with Gasteiger partial charge in [-0.25, -0.2) is 0 Å². The molecule has 0 aliphatic heterocycles. The predicted molar refractivity (Wildman–Crippen MR) is 107 cm³/mol. The molecule has 2 nitrogen and oxygen atoms in total. The van der Waals surface area contributed by atoms with Crippen molar-refractivity contribution in [1.29, 1.82) is 0 Å². The maximum absolute atomic E-state index is 5.51. The highest BCUT2D eigenvalue weighted by Crippen LogP contribution is 2.22. The average Bonchev–Trinajstić information content (AvgIpc) is 2.38. The number of rotatable bonds is 5. The van der Waals surface area contributed by atoms with Crippen molar-refractivity contribution in [2.24, 2.45) is 22.3 Å². The molecule has 0 aliphatic carbocycles. The van der Waals surface area contributed by atoms with Crippen molar-refractivity contribution in [3.8, 4) is 0 Å². The summed E-state index contributed by atoms with van der Waals surface area (Å²) < 4.78 is 0. The van der Waals surface area contributed by atoms with Crippen molar-refractivity contribution in [3.05, 3.63) is 25.3 Å². The Morgan fingerprint density at radius 2 is 1.32 bits per heavy atom. The first-order valence-electron chi connectivity index (χ1n) is 8.50. The molecule has 0 aromatic heterocycles. The Morgan fingerprint density at radius 3 is 1.45 bits per heavy atom. The first-order valence-corrected chi connectivity index (χ1v) is 8.50. The molecule has 0 aromatic carbocycles. The van der Waals surface area contributed by atoms with E-state index >= 15 is 0 Å². The van der Waals surface area contributed by atoms with Crippen molar-refractivity contribution >= 4 is 0 Å². The van der Waals surface area contributed by atoms with Crippen molar-refractivity contribution in [2.75, 3.05) is 13.1 Å². The van der Waals surface area contributed by atoms with E-state index in [2.05, 4.69) is 75.1 Å². The van der Waals surface area contributed by atoms with Gasteiger partial charge in [0, 0.05) is 0 Å². The Hall–Kier alpha value is -0.600. The Bertz CT molecular complexity index is 224. The van der Waals surface area contributed by atoms with E-state index in [1.54, 1.807) is 0 Å². The van der Waals surface area contributed by atoms with Gasteiger partial charge in [0.05, 0.1) is 0 Å². The molecule has 0 aromatic rings. The van der Waals surface area contributed by atoms with Gasteiger partial charge < -0.3 is 11.5 Å².